The van der Waals surface area contributed by atoms with Crippen LogP contribution in [0.3, 0.4) is 0 Å². The molecule has 0 bridgehead atoms. The largest absolute Gasteiger partial charge is 0.465 e. The van der Waals surface area contributed by atoms with Crippen LogP contribution >= 0.6 is 0 Å². The molecule has 0 amide bonds. The van der Waals surface area contributed by atoms with Gasteiger partial charge in [-0.15, -0.1) is 0 Å². The molecule has 0 saturated carbocycles. The van der Waals surface area contributed by atoms with Crippen LogP contribution in [0.5, 0.6) is 11.5 Å². The molecule has 0 aromatic heterocycles. The van der Waals surface area contributed by atoms with Gasteiger partial charge < -0.3 is 14.8 Å². The van der Waals surface area contributed by atoms with Gasteiger partial charge in [0.15, 0.2) is 0 Å². The van der Waals surface area contributed by atoms with E-state index in [2.05, 4.69) is 27.1 Å². The molecule has 0 aliphatic carbocycles. The van der Waals surface area contributed by atoms with Crippen LogP contribution in [0.15, 0.2) is 48.5 Å². The van der Waals surface area contributed by atoms with Gasteiger partial charge in [0.05, 0.1) is 19.4 Å². The second-order valence-corrected chi connectivity index (χ2v) is 9.63. The first-order valence-electron chi connectivity index (χ1n) is 10.8. The van der Waals surface area contributed by atoms with Crippen molar-refractivity contribution in [3.63, 3.8) is 0 Å². The van der Waals surface area contributed by atoms with Crippen molar-refractivity contribution in [2.24, 2.45) is 0 Å². The van der Waals surface area contributed by atoms with Crippen molar-refractivity contribution in [3.05, 3.63) is 54.1 Å². The summed E-state index contributed by atoms with van der Waals surface area (Å²) in [4.78, 5) is 13.9. The zero-order chi connectivity index (χ0) is 23.0. The van der Waals surface area contributed by atoms with Crippen LogP contribution in [0.4, 0.5) is 5.69 Å². The first kappa shape index (κ1) is 24.0. The van der Waals surface area contributed by atoms with E-state index in [0.717, 1.165) is 44.5 Å². The number of carbonyl (C=O) groups is 1. The minimum Gasteiger partial charge on any atom is -0.465 e. The van der Waals surface area contributed by atoms with Crippen LogP contribution in [0, 0.1) is 0 Å². The van der Waals surface area contributed by atoms with Gasteiger partial charge in [-0.3, -0.25) is 14.4 Å². The lowest BCUT2D eigenvalue weighted by atomic mass is 10.0. The Morgan fingerprint density at radius 1 is 1.03 bits per heavy atom. The molecule has 1 heterocycles. The van der Waals surface area contributed by atoms with Crippen molar-refractivity contribution in [2.75, 3.05) is 37.2 Å². The lowest BCUT2D eigenvalue weighted by molar-refractivity contribution is -0.142. The van der Waals surface area contributed by atoms with Gasteiger partial charge in [-0.25, -0.2) is 8.42 Å². The summed E-state index contributed by atoms with van der Waals surface area (Å²) in [7, 11) is -3.29. The number of carbonyl (C=O) groups excluding carboxylic acids is 1. The van der Waals surface area contributed by atoms with E-state index in [1.165, 1.54) is 5.56 Å². The molecule has 0 radical (unpaired) electrons. The molecule has 174 valence electrons. The van der Waals surface area contributed by atoms with Crippen LogP contribution in [0.2, 0.25) is 0 Å². The lowest BCUT2D eigenvalue weighted by Crippen LogP contribution is -2.43. The molecular formula is C23H31N3O5S. The molecular weight excluding hydrogens is 430 g/mol. The van der Waals surface area contributed by atoms with E-state index in [0.29, 0.717) is 24.1 Å². The highest BCUT2D eigenvalue weighted by molar-refractivity contribution is 7.92. The van der Waals surface area contributed by atoms with Crippen molar-refractivity contribution >= 4 is 21.7 Å². The maximum atomic E-state index is 11.5. The van der Waals surface area contributed by atoms with Gasteiger partial charge in [-0.1, -0.05) is 12.1 Å². The lowest BCUT2D eigenvalue weighted by Gasteiger charge is -2.32. The number of piperidine rings is 1. The number of ether oxygens (including phenoxy) is 2. The smallest absolute Gasteiger partial charge is 0.319 e. The van der Waals surface area contributed by atoms with Gasteiger partial charge in [0, 0.05) is 18.3 Å². The molecule has 1 aliphatic rings. The van der Waals surface area contributed by atoms with Crippen LogP contribution in [-0.2, 0) is 26.1 Å². The molecule has 3 rings (SSSR count). The molecule has 2 aromatic rings. The molecule has 0 unspecified atom stereocenters. The number of nitrogens with zero attached hydrogens (tertiary/aromatic N) is 1. The molecule has 1 saturated heterocycles. The highest BCUT2D eigenvalue weighted by Crippen LogP contribution is 2.24. The van der Waals surface area contributed by atoms with E-state index in [1.807, 2.05) is 19.1 Å². The maximum absolute atomic E-state index is 11.5. The third-order valence-electron chi connectivity index (χ3n) is 5.15. The van der Waals surface area contributed by atoms with Gasteiger partial charge >= 0.3 is 5.97 Å². The fraction of sp³-hybridized carbons (Fsp3) is 0.435. The number of sulfonamides is 1. The number of esters is 1. The van der Waals surface area contributed by atoms with Crippen molar-refractivity contribution in [3.8, 4) is 11.5 Å². The monoisotopic (exact) mass is 461 g/mol. The summed E-state index contributed by atoms with van der Waals surface area (Å²) in [5.41, 5.74) is 1.71. The van der Waals surface area contributed by atoms with E-state index in [-0.39, 0.29) is 12.5 Å². The molecule has 0 atom stereocenters. The van der Waals surface area contributed by atoms with Gasteiger partial charge in [-0.2, -0.15) is 0 Å². The Labute approximate surface area is 190 Å². The quantitative estimate of drug-likeness (QED) is 0.525. The fourth-order valence-electron chi connectivity index (χ4n) is 3.60. The highest BCUT2D eigenvalue weighted by atomic mass is 32.2. The van der Waals surface area contributed by atoms with E-state index in [9.17, 15) is 13.2 Å². The predicted molar refractivity (Wildman–Crippen MR) is 124 cm³/mol. The topological polar surface area (TPSA) is 97.0 Å². The zero-order valence-electron chi connectivity index (χ0n) is 18.5. The SMILES string of the molecule is CCOC(=O)CNC1CCN(Cc2ccc(Oc3ccc(NS(C)(=O)=O)cc3)cc2)CC1. The van der Waals surface area contributed by atoms with Crippen molar-refractivity contribution < 1.29 is 22.7 Å². The van der Waals surface area contributed by atoms with Gasteiger partial charge in [0.1, 0.15) is 11.5 Å². The van der Waals surface area contributed by atoms with E-state index in [4.69, 9.17) is 9.47 Å². The second-order valence-electron chi connectivity index (χ2n) is 7.88. The summed E-state index contributed by atoms with van der Waals surface area (Å²) in [6.07, 6.45) is 3.12. The third-order valence-corrected chi connectivity index (χ3v) is 5.76. The van der Waals surface area contributed by atoms with Gasteiger partial charge in [-0.05, 0) is 74.8 Å². The summed E-state index contributed by atoms with van der Waals surface area (Å²) >= 11 is 0. The summed E-state index contributed by atoms with van der Waals surface area (Å²) < 4.78 is 35.8. The minimum atomic E-state index is -3.29. The Balaban J connectivity index is 1.43. The van der Waals surface area contributed by atoms with E-state index < -0.39 is 10.0 Å². The number of anilines is 1. The number of hydrogen-bond donors (Lipinski definition) is 2. The van der Waals surface area contributed by atoms with Crippen molar-refractivity contribution in [2.45, 2.75) is 32.4 Å². The second kappa shape index (κ2) is 11.3. The Morgan fingerprint density at radius 2 is 1.62 bits per heavy atom. The average Bonchev–Trinajstić information content (AvgIpc) is 2.75. The summed E-state index contributed by atoms with van der Waals surface area (Å²) in [5.74, 6) is 1.16. The molecule has 2 N–H and O–H groups in total. The molecule has 1 aliphatic heterocycles. The number of rotatable bonds is 10. The average molecular weight is 462 g/mol. The summed E-state index contributed by atoms with van der Waals surface area (Å²) in [5, 5.41) is 3.28. The first-order chi connectivity index (χ1) is 15.3. The Bertz CT molecular complexity index is 970. The summed E-state index contributed by atoms with van der Waals surface area (Å²) in [6, 6.07) is 15.1. The molecule has 0 spiro atoms. The Hall–Kier alpha value is -2.62. The first-order valence-corrected chi connectivity index (χ1v) is 12.7. The van der Waals surface area contributed by atoms with E-state index >= 15 is 0 Å². The standard InChI is InChI=1S/C23H31N3O5S/c1-3-30-23(27)16-24-19-12-14-26(15-13-19)17-18-4-8-21(9-5-18)31-22-10-6-20(7-11-22)25-32(2,28)29/h4-11,19,24-25H,3,12-17H2,1-2H3. The van der Waals surface area contributed by atoms with Gasteiger partial charge in [0.2, 0.25) is 10.0 Å². The number of nitrogens with one attached hydrogen (secondary N) is 2. The number of hydrogen-bond acceptors (Lipinski definition) is 7. The number of likely N-dealkylation sites (tertiary alicyclic amines) is 1. The molecule has 1 fully saturated rings. The van der Waals surface area contributed by atoms with Gasteiger partial charge in [0.25, 0.3) is 0 Å². The number of benzene rings is 2. The van der Waals surface area contributed by atoms with E-state index in [1.54, 1.807) is 24.3 Å². The Morgan fingerprint density at radius 3 is 2.19 bits per heavy atom. The molecule has 2 aromatic carbocycles. The van der Waals surface area contributed by atoms with Crippen LogP contribution in [-0.4, -0.2) is 57.8 Å². The highest BCUT2D eigenvalue weighted by Gasteiger charge is 2.19. The molecule has 32 heavy (non-hydrogen) atoms. The zero-order valence-corrected chi connectivity index (χ0v) is 19.4. The predicted octanol–water partition coefficient (Wildman–Crippen LogP) is 2.97. The van der Waals surface area contributed by atoms with Crippen molar-refractivity contribution in [1.29, 1.82) is 0 Å². The fourth-order valence-corrected chi connectivity index (χ4v) is 4.16. The summed E-state index contributed by atoms with van der Waals surface area (Å²) in [6.45, 7) is 5.33. The maximum Gasteiger partial charge on any atom is 0.319 e. The third kappa shape index (κ3) is 8.14. The normalized spacial score (nSPS) is 15.3. The van der Waals surface area contributed by atoms with Crippen molar-refractivity contribution in [1.82, 2.24) is 10.2 Å². The Kier molecular flexibility index (Phi) is 8.49. The minimum absolute atomic E-state index is 0.196. The van der Waals surface area contributed by atoms with Crippen LogP contribution in [0.25, 0.3) is 0 Å². The van der Waals surface area contributed by atoms with Crippen LogP contribution < -0.4 is 14.8 Å². The molecule has 9 heteroatoms. The van der Waals surface area contributed by atoms with Crippen LogP contribution in [0.1, 0.15) is 25.3 Å². The molecule has 8 nitrogen and oxygen atoms in total.